The molecule has 0 aromatic heterocycles. The van der Waals surface area contributed by atoms with Crippen LogP contribution in [0.1, 0.15) is 25.3 Å². The van der Waals surface area contributed by atoms with E-state index in [-0.39, 0.29) is 0 Å². The maximum absolute atomic E-state index is 4.23. The van der Waals surface area contributed by atoms with Crippen molar-refractivity contribution in [2.75, 3.05) is 52.9 Å². The molecule has 0 spiro atoms. The Morgan fingerprint density at radius 1 is 1.00 bits per heavy atom. The molecule has 1 aromatic rings. The summed E-state index contributed by atoms with van der Waals surface area (Å²) >= 11 is 0. The van der Waals surface area contributed by atoms with E-state index in [2.05, 4.69) is 62.7 Å². The first-order chi connectivity index (χ1) is 11.8. The summed E-state index contributed by atoms with van der Waals surface area (Å²) in [6, 6.07) is 10.8. The van der Waals surface area contributed by atoms with Gasteiger partial charge in [0.1, 0.15) is 0 Å². The van der Waals surface area contributed by atoms with E-state index in [1.165, 1.54) is 31.7 Å². The Labute approximate surface area is 147 Å². The molecule has 0 unspecified atom stereocenters. The number of nitrogens with one attached hydrogen (secondary N) is 2. The molecule has 24 heavy (non-hydrogen) atoms. The van der Waals surface area contributed by atoms with Gasteiger partial charge < -0.3 is 15.5 Å². The summed E-state index contributed by atoms with van der Waals surface area (Å²) in [4.78, 5) is 9.36. The third-order valence-electron chi connectivity index (χ3n) is 4.42. The van der Waals surface area contributed by atoms with E-state index >= 15 is 0 Å². The quantitative estimate of drug-likeness (QED) is 0.433. The molecule has 2 rings (SSSR count). The molecular weight excluding hydrogens is 298 g/mol. The highest BCUT2D eigenvalue weighted by atomic mass is 15.3. The Morgan fingerprint density at radius 2 is 1.67 bits per heavy atom. The molecule has 0 atom stereocenters. The van der Waals surface area contributed by atoms with Gasteiger partial charge in [-0.1, -0.05) is 37.3 Å². The average molecular weight is 332 g/mol. The maximum Gasteiger partial charge on any atom is 0.190 e. The van der Waals surface area contributed by atoms with Crippen molar-refractivity contribution in [3.8, 4) is 0 Å². The first-order valence-corrected chi connectivity index (χ1v) is 9.25. The summed E-state index contributed by atoms with van der Waals surface area (Å²) in [6.45, 7) is 11.1. The molecule has 0 radical (unpaired) electrons. The molecule has 0 saturated carbocycles. The second kappa shape index (κ2) is 11.0. The molecule has 5 nitrogen and oxygen atoms in total. The van der Waals surface area contributed by atoms with E-state index in [9.17, 15) is 0 Å². The van der Waals surface area contributed by atoms with Crippen LogP contribution in [-0.2, 0) is 6.54 Å². The van der Waals surface area contributed by atoms with Crippen molar-refractivity contribution in [3.05, 3.63) is 35.9 Å². The molecule has 1 aliphatic rings. The van der Waals surface area contributed by atoms with E-state index in [0.29, 0.717) is 0 Å². The van der Waals surface area contributed by atoms with E-state index < -0.39 is 0 Å². The Kier molecular flexibility index (Phi) is 8.63. The highest BCUT2D eigenvalue weighted by Crippen LogP contribution is 2.08. The van der Waals surface area contributed by atoms with E-state index in [0.717, 1.165) is 45.0 Å². The zero-order chi connectivity index (χ0) is 17.0. The first kappa shape index (κ1) is 18.7. The van der Waals surface area contributed by atoms with Crippen LogP contribution in [0.25, 0.3) is 0 Å². The minimum atomic E-state index is 0.921. The van der Waals surface area contributed by atoms with Crippen molar-refractivity contribution in [2.24, 2.45) is 4.99 Å². The number of aliphatic imine (C=N–C) groups is 1. The lowest BCUT2D eigenvalue weighted by atomic mass is 10.2. The minimum Gasteiger partial charge on any atom is -0.356 e. The predicted molar refractivity (Wildman–Crippen MR) is 102 cm³/mol. The highest BCUT2D eigenvalue weighted by molar-refractivity contribution is 5.79. The van der Waals surface area contributed by atoms with Crippen LogP contribution < -0.4 is 10.6 Å². The topological polar surface area (TPSA) is 42.9 Å². The first-order valence-electron chi connectivity index (χ1n) is 9.25. The van der Waals surface area contributed by atoms with Crippen LogP contribution >= 0.6 is 0 Å². The van der Waals surface area contributed by atoms with Gasteiger partial charge in [-0.15, -0.1) is 0 Å². The van der Waals surface area contributed by atoms with Gasteiger partial charge in [-0.3, -0.25) is 9.89 Å². The van der Waals surface area contributed by atoms with Crippen molar-refractivity contribution < 1.29 is 0 Å². The fraction of sp³-hybridized carbons (Fsp3) is 0.632. The van der Waals surface area contributed by atoms with Gasteiger partial charge in [-0.2, -0.15) is 0 Å². The zero-order valence-electron chi connectivity index (χ0n) is 15.3. The van der Waals surface area contributed by atoms with Crippen LogP contribution in [0.4, 0.5) is 0 Å². The molecule has 0 bridgehead atoms. The average Bonchev–Trinajstić information content (AvgIpc) is 2.63. The zero-order valence-corrected chi connectivity index (χ0v) is 15.3. The van der Waals surface area contributed by atoms with Gasteiger partial charge in [0, 0.05) is 52.9 Å². The monoisotopic (exact) mass is 331 g/mol. The number of guanidine groups is 1. The van der Waals surface area contributed by atoms with Crippen LogP contribution in [0.15, 0.2) is 35.3 Å². The summed E-state index contributed by atoms with van der Waals surface area (Å²) in [5, 5.41) is 6.69. The third kappa shape index (κ3) is 6.89. The van der Waals surface area contributed by atoms with Gasteiger partial charge >= 0.3 is 0 Å². The SMILES string of the molecule is CCCNC(=NC)NCCCN1CCN(Cc2ccccc2)CC1. The molecule has 1 fully saturated rings. The minimum absolute atomic E-state index is 0.921. The summed E-state index contributed by atoms with van der Waals surface area (Å²) in [7, 11) is 1.83. The number of piperazine rings is 1. The van der Waals surface area contributed by atoms with Gasteiger partial charge in [0.05, 0.1) is 0 Å². The molecule has 1 saturated heterocycles. The van der Waals surface area contributed by atoms with Crippen molar-refractivity contribution in [3.63, 3.8) is 0 Å². The van der Waals surface area contributed by atoms with E-state index in [4.69, 9.17) is 0 Å². The number of hydrogen-bond donors (Lipinski definition) is 2. The summed E-state index contributed by atoms with van der Waals surface area (Å²) in [5.41, 5.74) is 1.42. The molecule has 0 aliphatic carbocycles. The normalized spacial score (nSPS) is 17.0. The standard InChI is InChI=1S/C19H33N5/c1-3-10-21-19(20-2)22-11-7-12-23-13-15-24(16-14-23)17-18-8-5-4-6-9-18/h4-6,8-9H,3,7,10-17H2,1-2H3,(H2,20,21,22). The fourth-order valence-electron chi connectivity index (χ4n) is 2.99. The largest absolute Gasteiger partial charge is 0.356 e. The van der Waals surface area contributed by atoms with Crippen molar-refractivity contribution in [1.82, 2.24) is 20.4 Å². The molecule has 0 amide bonds. The molecule has 134 valence electrons. The smallest absolute Gasteiger partial charge is 0.190 e. The van der Waals surface area contributed by atoms with Crippen LogP contribution in [0.2, 0.25) is 0 Å². The highest BCUT2D eigenvalue weighted by Gasteiger charge is 2.16. The second-order valence-electron chi connectivity index (χ2n) is 6.38. The number of nitrogens with zero attached hydrogens (tertiary/aromatic N) is 3. The van der Waals surface area contributed by atoms with Gasteiger partial charge in [0.25, 0.3) is 0 Å². The van der Waals surface area contributed by atoms with E-state index in [1.54, 1.807) is 0 Å². The molecule has 1 aliphatic heterocycles. The summed E-state index contributed by atoms with van der Waals surface area (Å²) < 4.78 is 0. The van der Waals surface area contributed by atoms with Crippen molar-refractivity contribution in [1.29, 1.82) is 0 Å². The fourth-order valence-corrected chi connectivity index (χ4v) is 2.99. The van der Waals surface area contributed by atoms with E-state index in [1.807, 2.05) is 7.05 Å². The Bertz CT molecular complexity index is 466. The molecule has 1 heterocycles. The number of rotatable bonds is 8. The lowest BCUT2D eigenvalue weighted by Crippen LogP contribution is -2.46. The van der Waals surface area contributed by atoms with Gasteiger partial charge in [0.2, 0.25) is 0 Å². The van der Waals surface area contributed by atoms with Crippen LogP contribution in [-0.4, -0.2) is 68.6 Å². The molecule has 2 N–H and O–H groups in total. The van der Waals surface area contributed by atoms with Crippen LogP contribution in [0, 0.1) is 0 Å². The van der Waals surface area contributed by atoms with Crippen molar-refractivity contribution in [2.45, 2.75) is 26.3 Å². The maximum atomic E-state index is 4.23. The predicted octanol–water partition coefficient (Wildman–Crippen LogP) is 1.77. The van der Waals surface area contributed by atoms with Gasteiger partial charge in [-0.25, -0.2) is 0 Å². The van der Waals surface area contributed by atoms with Crippen molar-refractivity contribution >= 4 is 5.96 Å². The Hall–Kier alpha value is -1.59. The van der Waals surface area contributed by atoms with Crippen LogP contribution in [0.5, 0.6) is 0 Å². The van der Waals surface area contributed by atoms with Crippen LogP contribution in [0.3, 0.4) is 0 Å². The number of hydrogen-bond acceptors (Lipinski definition) is 3. The summed E-state index contributed by atoms with van der Waals surface area (Å²) in [6.07, 6.45) is 2.28. The van der Waals surface area contributed by atoms with Gasteiger partial charge in [-0.05, 0) is 24.9 Å². The third-order valence-corrected chi connectivity index (χ3v) is 4.42. The molecular formula is C19H33N5. The van der Waals surface area contributed by atoms with Gasteiger partial charge in [0.15, 0.2) is 5.96 Å². The lowest BCUT2D eigenvalue weighted by molar-refractivity contribution is 0.126. The molecule has 1 aromatic carbocycles. The molecule has 5 heteroatoms. The lowest BCUT2D eigenvalue weighted by Gasteiger charge is -2.34. The Morgan fingerprint density at radius 3 is 2.33 bits per heavy atom. The number of benzene rings is 1. The second-order valence-corrected chi connectivity index (χ2v) is 6.38. The Balaban J connectivity index is 1.56. The summed E-state index contributed by atoms with van der Waals surface area (Å²) in [5.74, 6) is 0.921.